The molecule has 0 saturated heterocycles. The van der Waals surface area contributed by atoms with Crippen molar-refractivity contribution in [3.05, 3.63) is 59.7 Å². The Morgan fingerprint density at radius 1 is 1.16 bits per heavy atom. The molecule has 0 spiro atoms. The molecule has 1 heterocycles. The van der Waals surface area contributed by atoms with Crippen LogP contribution in [-0.2, 0) is 14.5 Å². The molecule has 1 atom stereocenters. The molecule has 1 aliphatic heterocycles. The molecule has 0 bridgehead atoms. The molecule has 0 fully saturated rings. The maximum atomic E-state index is 11.3. The van der Waals surface area contributed by atoms with E-state index >= 15 is 0 Å². The number of nitrogens with zero attached hydrogens (tertiary/aromatic N) is 4. The summed E-state index contributed by atoms with van der Waals surface area (Å²) in [6.07, 6.45) is -0.0361. The summed E-state index contributed by atoms with van der Waals surface area (Å²) in [5.74, 6) is -0.135. The first-order valence-electron chi connectivity index (χ1n) is 7.46. The fourth-order valence-corrected chi connectivity index (χ4v) is 2.68. The smallest absolute Gasteiger partial charge is 0.313 e. The number of carbonyl (C=O) groups excluding carboxylic acids is 1. The largest absolute Gasteiger partial charge is 0.469 e. The molecule has 2 aromatic rings. The topological polar surface area (TPSA) is 87.2 Å². The SMILES string of the molecule is COC(=O)CC1=NC(S)(c2ccc(-c3ccc(C#N)cc3)cc2)N=N1. The molecule has 3 rings (SSSR count). The zero-order valence-corrected chi connectivity index (χ0v) is 14.3. The number of nitriles is 1. The first-order valence-corrected chi connectivity index (χ1v) is 7.91. The molecule has 0 aliphatic carbocycles. The van der Waals surface area contributed by atoms with E-state index in [0.717, 1.165) is 16.7 Å². The Kier molecular flexibility index (Phi) is 4.63. The molecule has 6 nitrogen and oxygen atoms in total. The average molecular weight is 350 g/mol. The van der Waals surface area contributed by atoms with Gasteiger partial charge in [-0.1, -0.05) is 36.4 Å². The highest BCUT2D eigenvalue weighted by Gasteiger charge is 2.32. The average Bonchev–Trinajstić information content (AvgIpc) is 3.03. The summed E-state index contributed by atoms with van der Waals surface area (Å²) < 4.78 is 4.60. The predicted octanol–water partition coefficient (Wildman–Crippen LogP) is 3.69. The molecule has 0 saturated carbocycles. The lowest BCUT2D eigenvalue weighted by atomic mass is 10.0. The Bertz CT molecular complexity index is 898. The van der Waals surface area contributed by atoms with E-state index in [1.165, 1.54) is 7.11 Å². The van der Waals surface area contributed by atoms with Gasteiger partial charge in [0.2, 0.25) is 4.99 Å². The number of aliphatic imine (C=N–C) groups is 1. The van der Waals surface area contributed by atoms with Gasteiger partial charge in [-0.15, -0.1) is 22.9 Å². The van der Waals surface area contributed by atoms with Crippen LogP contribution in [0.1, 0.15) is 17.5 Å². The number of thiol groups is 1. The number of amidine groups is 1. The van der Waals surface area contributed by atoms with Gasteiger partial charge in [0.15, 0.2) is 5.84 Å². The third kappa shape index (κ3) is 3.59. The number of hydrogen-bond donors (Lipinski definition) is 1. The van der Waals surface area contributed by atoms with Crippen molar-refractivity contribution < 1.29 is 9.53 Å². The van der Waals surface area contributed by atoms with E-state index in [4.69, 9.17) is 5.26 Å². The zero-order chi connectivity index (χ0) is 17.9. The fraction of sp³-hybridized carbons (Fsp3) is 0.167. The van der Waals surface area contributed by atoms with Crippen LogP contribution in [-0.4, -0.2) is 18.9 Å². The van der Waals surface area contributed by atoms with Crippen molar-refractivity contribution in [1.29, 1.82) is 5.26 Å². The molecular formula is C18H14N4O2S. The highest BCUT2D eigenvalue weighted by molar-refractivity contribution is 7.81. The lowest BCUT2D eigenvalue weighted by Gasteiger charge is -2.15. The summed E-state index contributed by atoms with van der Waals surface area (Å²) >= 11 is 4.49. The summed E-state index contributed by atoms with van der Waals surface area (Å²) in [6.45, 7) is 0. The minimum Gasteiger partial charge on any atom is -0.469 e. The standard InChI is InChI=1S/C18H14N4O2S/c1-24-17(23)10-16-20-18(25,22-21-16)15-8-6-14(7-9-15)13-4-2-12(11-19)3-5-13/h2-9,25H,10H2,1H3. The first-order chi connectivity index (χ1) is 12.0. The highest BCUT2D eigenvalue weighted by atomic mass is 32.1. The minimum absolute atomic E-state index is 0.0361. The van der Waals surface area contributed by atoms with Crippen LogP contribution in [0.2, 0.25) is 0 Å². The minimum atomic E-state index is -1.13. The first kappa shape index (κ1) is 16.9. The van der Waals surface area contributed by atoms with Crippen LogP contribution in [0.3, 0.4) is 0 Å². The number of azo groups is 1. The molecule has 25 heavy (non-hydrogen) atoms. The van der Waals surface area contributed by atoms with Gasteiger partial charge >= 0.3 is 5.97 Å². The summed E-state index contributed by atoms with van der Waals surface area (Å²) in [6, 6.07) is 17.0. The van der Waals surface area contributed by atoms with Crippen molar-refractivity contribution in [3.8, 4) is 17.2 Å². The van der Waals surface area contributed by atoms with E-state index in [2.05, 4.69) is 38.7 Å². The van der Waals surface area contributed by atoms with E-state index in [9.17, 15) is 4.79 Å². The Hall–Kier alpha value is -2.98. The van der Waals surface area contributed by atoms with Gasteiger partial charge in [0.25, 0.3) is 0 Å². The molecule has 0 N–H and O–H groups in total. The Morgan fingerprint density at radius 3 is 2.32 bits per heavy atom. The van der Waals surface area contributed by atoms with Crippen molar-refractivity contribution >= 4 is 24.4 Å². The van der Waals surface area contributed by atoms with Crippen molar-refractivity contribution in [2.45, 2.75) is 11.4 Å². The Morgan fingerprint density at radius 2 is 1.76 bits per heavy atom. The quantitative estimate of drug-likeness (QED) is 0.674. The molecule has 1 unspecified atom stereocenters. The van der Waals surface area contributed by atoms with Gasteiger partial charge in [0.05, 0.1) is 18.7 Å². The van der Waals surface area contributed by atoms with Gasteiger partial charge < -0.3 is 4.74 Å². The summed E-state index contributed by atoms with van der Waals surface area (Å²) in [4.78, 5) is 14.5. The maximum absolute atomic E-state index is 11.3. The van der Waals surface area contributed by atoms with Crippen LogP contribution >= 0.6 is 12.6 Å². The van der Waals surface area contributed by atoms with E-state index in [1.807, 2.05) is 36.4 Å². The van der Waals surface area contributed by atoms with Gasteiger partial charge in [-0.05, 0) is 23.3 Å². The predicted molar refractivity (Wildman–Crippen MR) is 96.2 cm³/mol. The number of rotatable bonds is 4. The molecule has 124 valence electrons. The van der Waals surface area contributed by atoms with E-state index in [-0.39, 0.29) is 12.3 Å². The molecule has 1 aliphatic rings. The van der Waals surface area contributed by atoms with Crippen LogP contribution in [0.5, 0.6) is 0 Å². The van der Waals surface area contributed by atoms with Gasteiger partial charge in [0.1, 0.15) is 6.42 Å². The molecular weight excluding hydrogens is 336 g/mol. The molecule has 0 amide bonds. The molecule has 2 aromatic carbocycles. The second kappa shape index (κ2) is 6.87. The van der Waals surface area contributed by atoms with Crippen molar-refractivity contribution in [2.75, 3.05) is 7.11 Å². The van der Waals surface area contributed by atoms with Gasteiger partial charge in [-0.25, -0.2) is 4.99 Å². The summed E-state index contributed by atoms with van der Waals surface area (Å²) in [7, 11) is 1.31. The number of methoxy groups -OCH3 is 1. The Labute approximate surface area is 150 Å². The van der Waals surface area contributed by atoms with Crippen LogP contribution in [0, 0.1) is 11.3 Å². The Balaban J connectivity index is 1.81. The molecule has 0 radical (unpaired) electrons. The summed E-state index contributed by atoms with van der Waals surface area (Å²) in [5.41, 5.74) is 3.37. The van der Waals surface area contributed by atoms with E-state index in [1.54, 1.807) is 12.1 Å². The molecule has 0 aromatic heterocycles. The maximum Gasteiger partial charge on any atom is 0.313 e. The summed E-state index contributed by atoms with van der Waals surface area (Å²) in [5, 5.41) is 16.9. The number of hydrogen-bond acceptors (Lipinski definition) is 7. The van der Waals surface area contributed by atoms with Crippen LogP contribution in [0.25, 0.3) is 11.1 Å². The van der Waals surface area contributed by atoms with Crippen molar-refractivity contribution in [2.24, 2.45) is 15.2 Å². The van der Waals surface area contributed by atoms with E-state index < -0.39 is 11.0 Å². The second-order valence-electron chi connectivity index (χ2n) is 5.38. The second-order valence-corrected chi connectivity index (χ2v) is 6.01. The van der Waals surface area contributed by atoms with Crippen LogP contribution < -0.4 is 0 Å². The van der Waals surface area contributed by atoms with Crippen LogP contribution in [0.4, 0.5) is 0 Å². The van der Waals surface area contributed by atoms with Crippen LogP contribution in [0.15, 0.2) is 63.8 Å². The number of benzene rings is 2. The lowest BCUT2D eigenvalue weighted by molar-refractivity contribution is -0.139. The third-order valence-corrected chi connectivity index (χ3v) is 4.19. The van der Waals surface area contributed by atoms with Crippen molar-refractivity contribution in [3.63, 3.8) is 0 Å². The van der Waals surface area contributed by atoms with Gasteiger partial charge in [-0.2, -0.15) is 5.26 Å². The molecule has 7 heteroatoms. The third-order valence-electron chi connectivity index (χ3n) is 3.74. The lowest BCUT2D eigenvalue weighted by Crippen LogP contribution is -2.11. The number of ether oxygens (including phenoxy) is 1. The van der Waals surface area contributed by atoms with Crippen molar-refractivity contribution in [1.82, 2.24) is 0 Å². The highest BCUT2D eigenvalue weighted by Crippen LogP contribution is 2.37. The van der Waals surface area contributed by atoms with E-state index in [0.29, 0.717) is 5.56 Å². The van der Waals surface area contributed by atoms with Gasteiger partial charge in [-0.3, -0.25) is 4.79 Å². The normalized spacial score (nSPS) is 18.5. The zero-order valence-electron chi connectivity index (χ0n) is 13.4. The fourth-order valence-electron chi connectivity index (χ4n) is 2.37. The number of carbonyl (C=O) groups is 1. The monoisotopic (exact) mass is 350 g/mol. The van der Waals surface area contributed by atoms with Gasteiger partial charge in [0, 0.05) is 5.56 Å². The number of esters is 1.